The number of terminal acetylenes is 1. The lowest BCUT2D eigenvalue weighted by Crippen LogP contribution is -2.26. The lowest BCUT2D eigenvalue weighted by Gasteiger charge is -2.19. The van der Waals surface area contributed by atoms with Gasteiger partial charge in [0, 0.05) is 23.3 Å². The van der Waals surface area contributed by atoms with Gasteiger partial charge < -0.3 is 5.73 Å². The number of hydrogen-bond donors (Lipinski definition) is 1. The molecule has 0 aliphatic heterocycles. The van der Waals surface area contributed by atoms with Gasteiger partial charge in [0.2, 0.25) is 0 Å². The average molecular weight is 319 g/mol. The van der Waals surface area contributed by atoms with Gasteiger partial charge in [-0.15, -0.1) is 6.42 Å². The smallest absolute Gasteiger partial charge is 0.269 e. The van der Waals surface area contributed by atoms with Crippen molar-refractivity contribution in [2.45, 2.75) is 26.3 Å². The van der Waals surface area contributed by atoms with Crippen molar-refractivity contribution in [1.29, 1.82) is 0 Å². The van der Waals surface area contributed by atoms with Crippen molar-refractivity contribution in [3.8, 4) is 23.5 Å². The minimum Gasteiger partial charge on any atom is -0.364 e. The largest absolute Gasteiger partial charge is 0.364 e. The third kappa shape index (κ3) is 2.50. The highest BCUT2D eigenvalue weighted by Crippen LogP contribution is 2.29. The van der Waals surface area contributed by atoms with Crippen LogP contribution in [-0.4, -0.2) is 25.7 Å². The fourth-order valence-electron chi connectivity index (χ4n) is 2.51. The van der Waals surface area contributed by atoms with E-state index < -0.39 is 11.4 Å². The molecule has 6 nitrogen and oxygen atoms in total. The Bertz CT molecular complexity index is 977. The molecule has 0 atom stereocenters. The van der Waals surface area contributed by atoms with E-state index in [1.165, 1.54) is 0 Å². The Labute approximate surface area is 139 Å². The second-order valence-electron chi connectivity index (χ2n) is 6.08. The summed E-state index contributed by atoms with van der Waals surface area (Å²) in [7, 11) is 0. The third-order valence-corrected chi connectivity index (χ3v) is 3.91. The normalized spacial score (nSPS) is 11.4. The van der Waals surface area contributed by atoms with Gasteiger partial charge in [0.05, 0.1) is 5.52 Å². The van der Waals surface area contributed by atoms with Crippen LogP contribution in [0.5, 0.6) is 0 Å². The first kappa shape index (κ1) is 15.7. The number of aryl methyl sites for hydroxylation is 1. The average Bonchev–Trinajstić information content (AvgIpc) is 2.95. The fraction of sp³-hybridized carbons (Fsp3) is 0.222. The Morgan fingerprint density at radius 2 is 1.92 bits per heavy atom. The number of fused-ring (bicyclic) bond motifs is 1. The molecule has 0 fully saturated rings. The van der Waals surface area contributed by atoms with E-state index in [2.05, 4.69) is 21.0 Å². The highest BCUT2D eigenvalue weighted by molar-refractivity contribution is 6.05. The number of aromatic nitrogens is 4. The monoisotopic (exact) mass is 319 g/mol. The van der Waals surface area contributed by atoms with Crippen LogP contribution in [0.25, 0.3) is 22.0 Å². The minimum absolute atomic E-state index is 0.197. The molecule has 0 radical (unpaired) electrons. The van der Waals surface area contributed by atoms with Crippen LogP contribution in [0.4, 0.5) is 0 Å². The van der Waals surface area contributed by atoms with Crippen LogP contribution < -0.4 is 5.73 Å². The van der Waals surface area contributed by atoms with Gasteiger partial charge in [0.25, 0.3) is 5.91 Å². The van der Waals surface area contributed by atoms with Gasteiger partial charge in [-0.1, -0.05) is 12.0 Å². The van der Waals surface area contributed by atoms with Gasteiger partial charge in [0.15, 0.2) is 5.69 Å². The summed E-state index contributed by atoms with van der Waals surface area (Å²) < 4.78 is 1.65. The highest BCUT2D eigenvalue weighted by Gasteiger charge is 2.24. The highest BCUT2D eigenvalue weighted by atomic mass is 16.1. The van der Waals surface area contributed by atoms with Gasteiger partial charge in [-0.05, 0) is 38.5 Å². The number of hydrogen-bond acceptors (Lipinski definition) is 4. The number of amides is 1. The van der Waals surface area contributed by atoms with E-state index in [0.717, 1.165) is 16.6 Å². The Kier molecular flexibility index (Phi) is 3.57. The topological polar surface area (TPSA) is 86.7 Å². The Morgan fingerprint density at radius 3 is 2.50 bits per heavy atom. The van der Waals surface area contributed by atoms with Crippen LogP contribution in [0.15, 0.2) is 30.6 Å². The number of rotatable bonds is 3. The van der Waals surface area contributed by atoms with Crippen LogP contribution in [0.3, 0.4) is 0 Å². The SMILES string of the molecule is C#CC(C)(C)n1nc(C(N)=O)c2cc(-c3cnc(C)nc3)ccc21. The molecule has 0 aliphatic rings. The Hall–Kier alpha value is -3.20. The molecular formula is C18H17N5O. The summed E-state index contributed by atoms with van der Waals surface area (Å²) in [4.78, 5) is 20.2. The quantitative estimate of drug-likeness (QED) is 0.750. The summed E-state index contributed by atoms with van der Waals surface area (Å²) in [6.07, 6.45) is 9.08. The van der Waals surface area contributed by atoms with E-state index in [9.17, 15) is 4.79 Å². The first-order chi connectivity index (χ1) is 11.3. The fourth-order valence-corrected chi connectivity index (χ4v) is 2.51. The van der Waals surface area contributed by atoms with Crippen LogP contribution in [0.2, 0.25) is 0 Å². The van der Waals surface area contributed by atoms with Gasteiger partial charge >= 0.3 is 0 Å². The molecular weight excluding hydrogens is 302 g/mol. The number of benzene rings is 1. The van der Waals surface area contributed by atoms with Crippen molar-refractivity contribution in [2.75, 3.05) is 0 Å². The lowest BCUT2D eigenvalue weighted by atomic mass is 10.0. The van der Waals surface area contributed by atoms with Crippen LogP contribution in [0, 0.1) is 19.3 Å². The maximum absolute atomic E-state index is 11.8. The van der Waals surface area contributed by atoms with Crippen LogP contribution in [-0.2, 0) is 5.54 Å². The minimum atomic E-state index is -0.680. The third-order valence-electron chi connectivity index (χ3n) is 3.91. The van der Waals surface area contributed by atoms with Gasteiger partial charge in [-0.3, -0.25) is 4.79 Å². The molecule has 2 heterocycles. The summed E-state index contributed by atoms with van der Waals surface area (Å²) >= 11 is 0. The molecule has 3 rings (SSSR count). The van der Waals surface area contributed by atoms with Crippen LogP contribution >= 0.6 is 0 Å². The predicted octanol–water partition coefficient (Wildman–Crippen LogP) is 2.27. The van der Waals surface area contributed by atoms with E-state index in [-0.39, 0.29) is 5.69 Å². The molecule has 24 heavy (non-hydrogen) atoms. The summed E-state index contributed by atoms with van der Waals surface area (Å²) in [6.45, 7) is 5.53. The van der Waals surface area contributed by atoms with Crippen molar-refractivity contribution >= 4 is 16.8 Å². The predicted molar refractivity (Wildman–Crippen MR) is 92.2 cm³/mol. The molecule has 0 unspecified atom stereocenters. The molecule has 120 valence electrons. The van der Waals surface area contributed by atoms with Crippen molar-refractivity contribution in [1.82, 2.24) is 19.7 Å². The maximum atomic E-state index is 11.8. The van der Waals surface area contributed by atoms with E-state index in [1.807, 2.05) is 39.0 Å². The molecule has 0 spiro atoms. The molecule has 0 aliphatic carbocycles. The summed E-state index contributed by atoms with van der Waals surface area (Å²) in [5.74, 6) is 2.78. The summed E-state index contributed by atoms with van der Waals surface area (Å²) in [6, 6.07) is 5.66. The molecule has 6 heteroatoms. The van der Waals surface area contributed by atoms with E-state index in [1.54, 1.807) is 17.1 Å². The van der Waals surface area contributed by atoms with Crippen LogP contribution in [0.1, 0.15) is 30.2 Å². The first-order valence-electron chi connectivity index (χ1n) is 7.43. The summed E-state index contributed by atoms with van der Waals surface area (Å²) in [5.41, 5.74) is 7.49. The lowest BCUT2D eigenvalue weighted by molar-refractivity contribution is 0.0996. The number of nitrogens with zero attached hydrogens (tertiary/aromatic N) is 4. The molecule has 0 saturated heterocycles. The number of carbonyl (C=O) groups is 1. The number of nitrogens with two attached hydrogens (primary N) is 1. The zero-order valence-electron chi connectivity index (χ0n) is 13.7. The van der Waals surface area contributed by atoms with E-state index in [0.29, 0.717) is 11.2 Å². The molecule has 2 N–H and O–H groups in total. The first-order valence-corrected chi connectivity index (χ1v) is 7.43. The Morgan fingerprint density at radius 1 is 1.25 bits per heavy atom. The van der Waals surface area contributed by atoms with E-state index >= 15 is 0 Å². The molecule has 1 amide bonds. The van der Waals surface area contributed by atoms with Gasteiger partial charge in [-0.2, -0.15) is 5.10 Å². The zero-order chi connectivity index (χ0) is 17.5. The summed E-state index contributed by atoms with van der Waals surface area (Å²) in [5, 5.41) is 5.01. The van der Waals surface area contributed by atoms with Crippen molar-refractivity contribution in [3.05, 3.63) is 42.1 Å². The van der Waals surface area contributed by atoms with Crippen molar-refractivity contribution < 1.29 is 4.79 Å². The second-order valence-corrected chi connectivity index (χ2v) is 6.08. The second kappa shape index (κ2) is 5.46. The maximum Gasteiger partial charge on any atom is 0.269 e. The number of carbonyl (C=O) groups excluding carboxylic acids is 1. The van der Waals surface area contributed by atoms with Gasteiger partial charge in [0.1, 0.15) is 11.4 Å². The number of primary amides is 1. The van der Waals surface area contributed by atoms with Gasteiger partial charge in [-0.25, -0.2) is 14.6 Å². The molecule has 0 saturated carbocycles. The molecule has 2 aromatic heterocycles. The van der Waals surface area contributed by atoms with Crippen molar-refractivity contribution in [2.24, 2.45) is 5.73 Å². The molecule has 3 aromatic rings. The molecule has 1 aromatic carbocycles. The standard InChI is InChI=1S/C18H17N5O/c1-5-18(3,4)23-15-7-6-12(13-9-20-11(2)21-10-13)8-14(15)16(22-23)17(19)24/h1,6-10H,2-4H3,(H2,19,24). The van der Waals surface area contributed by atoms with E-state index in [4.69, 9.17) is 12.2 Å². The molecule has 0 bridgehead atoms. The van der Waals surface area contributed by atoms with Crippen molar-refractivity contribution in [3.63, 3.8) is 0 Å². The Balaban J connectivity index is 2.26. The zero-order valence-corrected chi connectivity index (χ0v) is 13.7.